The first-order valence-corrected chi connectivity index (χ1v) is 11.2. The molecule has 0 spiro atoms. The van der Waals surface area contributed by atoms with Crippen LogP contribution in [-0.4, -0.2) is 19.7 Å². The Bertz CT molecular complexity index is 1540. The van der Waals surface area contributed by atoms with Gasteiger partial charge >= 0.3 is 11.9 Å². The van der Waals surface area contributed by atoms with Gasteiger partial charge < -0.3 is 4.57 Å². The van der Waals surface area contributed by atoms with Crippen molar-refractivity contribution in [2.45, 2.75) is 25.1 Å². The van der Waals surface area contributed by atoms with E-state index in [0.29, 0.717) is 28.7 Å². The van der Waals surface area contributed by atoms with E-state index in [1.54, 1.807) is 36.8 Å². The van der Waals surface area contributed by atoms with Gasteiger partial charge in [-0.2, -0.15) is 18.6 Å². The quantitative estimate of drug-likeness (QED) is 0.334. The average Bonchev–Trinajstić information content (AvgIpc) is 3.59. The number of anilines is 1. The second-order valence-electron chi connectivity index (χ2n) is 8.57. The van der Waals surface area contributed by atoms with Crippen LogP contribution in [0.4, 0.5) is 18.9 Å². The molecule has 1 saturated carbocycles. The van der Waals surface area contributed by atoms with Crippen molar-refractivity contribution in [2.75, 3.05) is 5.43 Å². The minimum absolute atomic E-state index is 0.389. The lowest BCUT2D eigenvalue weighted by Crippen LogP contribution is -2.48. The SMILES string of the molecule is FC(F)(F)c1cc(-c2cnc3ccccc3c2)cc[n+]1Nc1cccc(-c2nncn2C2CC2)c1. The Kier molecular flexibility index (Phi) is 4.98. The highest BCUT2D eigenvalue weighted by atomic mass is 19.4. The molecule has 0 bridgehead atoms. The number of hydrogen-bond acceptors (Lipinski definition) is 4. The molecule has 5 aromatic rings. The van der Waals surface area contributed by atoms with E-state index in [1.165, 1.54) is 6.20 Å². The third-order valence-corrected chi connectivity index (χ3v) is 6.05. The molecule has 1 aliphatic rings. The van der Waals surface area contributed by atoms with Gasteiger partial charge in [0.1, 0.15) is 6.33 Å². The van der Waals surface area contributed by atoms with Crippen LogP contribution in [0.25, 0.3) is 33.4 Å². The van der Waals surface area contributed by atoms with Crippen LogP contribution in [0.2, 0.25) is 0 Å². The van der Waals surface area contributed by atoms with E-state index >= 15 is 0 Å². The molecular weight excluding hydrogens is 453 g/mol. The number of hydrogen-bond donors (Lipinski definition) is 1. The largest absolute Gasteiger partial charge is 0.480 e. The van der Waals surface area contributed by atoms with Crippen molar-refractivity contribution < 1.29 is 17.8 Å². The number of halogens is 3. The van der Waals surface area contributed by atoms with Gasteiger partial charge in [0, 0.05) is 40.9 Å². The summed E-state index contributed by atoms with van der Waals surface area (Å²) in [5, 5.41) is 9.09. The van der Waals surface area contributed by atoms with Crippen molar-refractivity contribution in [1.29, 1.82) is 0 Å². The Morgan fingerprint density at radius 2 is 1.77 bits per heavy atom. The van der Waals surface area contributed by atoms with Gasteiger partial charge in [0.15, 0.2) is 5.82 Å². The lowest BCUT2D eigenvalue weighted by atomic mass is 10.1. The van der Waals surface area contributed by atoms with Crippen LogP contribution >= 0.6 is 0 Å². The van der Waals surface area contributed by atoms with E-state index < -0.39 is 11.9 Å². The van der Waals surface area contributed by atoms with E-state index in [4.69, 9.17) is 0 Å². The summed E-state index contributed by atoms with van der Waals surface area (Å²) in [6, 6.07) is 19.7. The molecule has 0 atom stereocenters. The molecular formula is C26H20F3N6+. The van der Waals surface area contributed by atoms with Gasteiger partial charge in [0.25, 0.3) is 0 Å². The minimum atomic E-state index is -4.57. The Morgan fingerprint density at radius 1 is 0.914 bits per heavy atom. The number of fused-ring (bicyclic) bond motifs is 1. The highest BCUT2D eigenvalue weighted by Gasteiger charge is 2.42. The molecule has 0 amide bonds. The summed E-state index contributed by atoms with van der Waals surface area (Å²) in [6.45, 7) is 0. The Labute approximate surface area is 198 Å². The molecule has 35 heavy (non-hydrogen) atoms. The maximum absolute atomic E-state index is 14.1. The number of alkyl halides is 3. The number of nitrogens with one attached hydrogen (secondary N) is 1. The zero-order valence-electron chi connectivity index (χ0n) is 18.4. The number of pyridine rings is 2. The highest BCUT2D eigenvalue weighted by molar-refractivity contribution is 5.83. The standard InChI is InChI=1S/C26H20F3N6/c27-26(28,29)24-14-17(20-12-18-4-1-2-7-23(18)30-15-20)10-11-35(24)33-21-6-3-5-19(13-21)25-32-31-16-34(25)22-8-9-22/h1-7,10-16,22,33H,8-9H2/q+1. The number of nitrogens with zero attached hydrogens (tertiary/aromatic N) is 5. The van der Waals surface area contributed by atoms with E-state index in [0.717, 1.165) is 40.1 Å². The highest BCUT2D eigenvalue weighted by Crippen LogP contribution is 2.37. The number of aromatic nitrogens is 5. The lowest BCUT2D eigenvalue weighted by molar-refractivity contribution is -0.664. The topological polar surface area (TPSA) is 59.5 Å². The number of para-hydroxylation sites is 1. The summed E-state index contributed by atoms with van der Waals surface area (Å²) in [7, 11) is 0. The van der Waals surface area contributed by atoms with E-state index in [-0.39, 0.29) is 0 Å². The molecule has 0 aliphatic heterocycles. The van der Waals surface area contributed by atoms with Crippen molar-refractivity contribution in [3.8, 4) is 22.5 Å². The van der Waals surface area contributed by atoms with Crippen LogP contribution in [0.15, 0.2) is 85.5 Å². The second kappa shape index (κ2) is 8.19. The van der Waals surface area contributed by atoms with Crippen molar-refractivity contribution in [3.05, 3.63) is 91.1 Å². The average molecular weight is 473 g/mol. The van der Waals surface area contributed by atoms with Gasteiger partial charge in [-0.3, -0.25) is 4.98 Å². The molecule has 1 fully saturated rings. The van der Waals surface area contributed by atoms with Gasteiger partial charge in [0.05, 0.1) is 11.2 Å². The number of benzene rings is 2. The van der Waals surface area contributed by atoms with Crippen LogP contribution in [0.1, 0.15) is 24.6 Å². The molecule has 0 unspecified atom stereocenters. The molecule has 6 nitrogen and oxygen atoms in total. The summed E-state index contributed by atoms with van der Waals surface area (Å²) >= 11 is 0. The van der Waals surface area contributed by atoms with Crippen molar-refractivity contribution in [2.24, 2.45) is 0 Å². The van der Waals surface area contributed by atoms with E-state index in [1.807, 2.05) is 41.0 Å². The molecule has 1 aliphatic carbocycles. The smallest absolute Gasteiger partial charge is 0.310 e. The Balaban J connectivity index is 1.35. The summed E-state index contributed by atoms with van der Waals surface area (Å²) in [5.41, 5.74) is 5.17. The van der Waals surface area contributed by atoms with Gasteiger partial charge in [-0.25, -0.2) is 0 Å². The van der Waals surface area contributed by atoms with Crippen LogP contribution in [-0.2, 0) is 6.18 Å². The van der Waals surface area contributed by atoms with Crippen molar-refractivity contribution in [3.63, 3.8) is 0 Å². The van der Waals surface area contributed by atoms with Crippen molar-refractivity contribution in [1.82, 2.24) is 19.7 Å². The lowest BCUT2D eigenvalue weighted by Gasteiger charge is -2.11. The molecule has 9 heteroatoms. The first-order chi connectivity index (χ1) is 17.0. The maximum atomic E-state index is 14.1. The molecule has 0 saturated heterocycles. The third kappa shape index (κ3) is 4.21. The predicted molar refractivity (Wildman–Crippen MR) is 125 cm³/mol. The summed E-state index contributed by atoms with van der Waals surface area (Å²) in [4.78, 5) is 4.38. The fourth-order valence-electron chi connectivity index (χ4n) is 4.16. The Morgan fingerprint density at radius 3 is 2.60 bits per heavy atom. The molecule has 2 aromatic carbocycles. The zero-order valence-corrected chi connectivity index (χ0v) is 18.4. The fraction of sp³-hybridized carbons (Fsp3) is 0.154. The molecule has 6 rings (SSSR count). The van der Waals surface area contributed by atoms with Crippen LogP contribution in [0.5, 0.6) is 0 Å². The van der Waals surface area contributed by atoms with Gasteiger partial charge in [0.2, 0.25) is 6.20 Å². The van der Waals surface area contributed by atoms with Gasteiger partial charge in [-0.1, -0.05) is 35.0 Å². The maximum Gasteiger partial charge on any atom is 0.480 e. The first kappa shape index (κ1) is 21.3. The monoisotopic (exact) mass is 473 g/mol. The van der Waals surface area contributed by atoms with Crippen molar-refractivity contribution >= 4 is 16.6 Å². The second-order valence-corrected chi connectivity index (χ2v) is 8.57. The molecule has 3 heterocycles. The van der Waals surface area contributed by atoms with Gasteiger partial charge in [-0.15, -0.1) is 10.2 Å². The number of rotatable bonds is 5. The normalized spacial score (nSPS) is 13.8. The fourth-order valence-corrected chi connectivity index (χ4v) is 4.16. The first-order valence-electron chi connectivity index (χ1n) is 11.2. The summed E-state index contributed by atoms with van der Waals surface area (Å²) < 4.78 is 45.2. The van der Waals surface area contributed by atoms with E-state index in [9.17, 15) is 13.2 Å². The Hall–Kier alpha value is -4.27. The molecule has 3 aromatic heterocycles. The molecule has 0 radical (unpaired) electrons. The van der Waals surface area contributed by atoms with Crippen LogP contribution in [0, 0.1) is 0 Å². The molecule has 1 N–H and O–H groups in total. The minimum Gasteiger partial charge on any atom is -0.310 e. The van der Waals surface area contributed by atoms with Crippen LogP contribution < -0.4 is 10.1 Å². The van der Waals surface area contributed by atoms with Crippen LogP contribution in [0.3, 0.4) is 0 Å². The summed E-state index contributed by atoms with van der Waals surface area (Å²) in [5.74, 6) is 0.705. The predicted octanol–water partition coefficient (Wildman–Crippen LogP) is 5.68. The third-order valence-electron chi connectivity index (χ3n) is 6.05. The van der Waals surface area contributed by atoms with E-state index in [2.05, 4.69) is 20.6 Å². The zero-order chi connectivity index (χ0) is 24.0. The van der Waals surface area contributed by atoms with Gasteiger partial charge in [-0.05, 0) is 42.7 Å². The molecule has 174 valence electrons. The summed E-state index contributed by atoms with van der Waals surface area (Å²) in [6.07, 6.45) is 2.25.